The summed E-state index contributed by atoms with van der Waals surface area (Å²) < 4.78 is 0. The number of aromatic nitrogens is 2. The first kappa shape index (κ1) is 12.2. The fourth-order valence-electron chi connectivity index (χ4n) is 1.75. The summed E-state index contributed by atoms with van der Waals surface area (Å²) in [5.41, 5.74) is 3.68. The van der Waals surface area contributed by atoms with Crippen LogP contribution in [0.5, 0.6) is 0 Å². The molecular weight excluding hydrogens is 230 g/mol. The lowest BCUT2D eigenvalue weighted by atomic mass is 10.1. The second-order valence-corrected chi connectivity index (χ2v) is 5.43. The SMILES string of the molecule is Cc1nc(C)c(CNCc2ccncc2C)s1. The van der Waals surface area contributed by atoms with Gasteiger partial charge in [0.2, 0.25) is 0 Å². The van der Waals surface area contributed by atoms with Crippen molar-refractivity contribution in [3.63, 3.8) is 0 Å². The molecule has 0 spiro atoms. The molecule has 0 aromatic carbocycles. The molecule has 0 saturated heterocycles. The Bertz CT molecular complexity index is 505. The van der Waals surface area contributed by atoms with Crippen molar-refractivity contribution in [2.45, 2.75) is 33.9 Å². The number of rotatable bonds is 4. The molecule has 0 saturated carbocycles. The van der Waals surface area contributed by atoms with E-state index in [0.717, 1.165) is 23.8 Å². The summed E-state index contributed by atoms with van der Waals surface area (Å²) in [6, 6.07) is 2.06. The zero-order chi connectivity index (χ0) is 12.3. The molecule has 2 aromatic rings. The van der Waals surface area contributed by atoms with Gasteiger partial charge in [-0.25, -0.2) is 4.98 Å². The number of nitrogens with one attached hydrogen (secondary N) is 1. The molecule has 0 radical (unpaired) electrons. The molecule has 0 unspecified atom stereocenters. The average molecular weight is 247 g/mol. The molecule has 0 aliphatic carbocycles. The summed E-state index contributed by atoms with van der Waals surface area (Å²) in [5.74, 6) is 0. The van der Waals surface area contributed by atoms with Gasteiger partial charge >= 0.3 is 0 Å². The number of hydrogen-bond acceptors (Lipinski definition) is 4. The van der Waals surface area contributed by atoms with Gasteiger partial charge in [0, 0.05) is 30.4 Å². The molecule has 0 aliphatic rings. The lowest BCUT2D eigenvalue weighted by molar-refractivity contribution is 0.693. The van der Waals surface area contributed by atoms with Gasteiger partial charge in [0.1, 0.15) is 0 Å². The second-order valence-electron chi connectivity index (χ2n) is 4.15. The maximum absolute atomic E-state index is 4.42. The lowest BCUT2D eigenvalue weighted by Crippen LogP contribution is -2.13. The molecule has 0 aliphatic heterocycles. The van der Waals surface area contributed by atoms with Gasteiger partial charge in [0.05, 0.1) is 10.7 Å². The minimum absolute atomic E-state index is 0.880. The van der Waals surface area contributed by atoms with E-state index in [-0.39, 0.29) is 0 Å². The van der Waals surface area contributed by atoms with Gasteiger partial charge in [-0.2, -0.15) is 0 Å². The number of pyridine rings is 1. The van der Waals surface area contributed by atoms with Crippen LogP contribution in [0.2, 0.25) is 0 Å². The van der Waals surface area contributed by atoms with E-state index in [4.69, 9.17) is 0 Å². The third-order valence-corrected chi connectivity index (χ3v) is 3.81. The summed E-state index contributed by atoms with van der Waals surface area (Å²) in [5, 5.41) is 4.59. The first-order chi connectivity index (χ1) is 8.16. The summed E-state index contributed by atoms with van der Waals surface area (Å²) >= 11 is 1.77. The third-order valence-electron chi connectivity index (χ3n) is 2.74. The zero-order valence-electron chi connectivity index (χ0n) is 10.4. The molecule has 0 amide bonds. The fourth-order valence-corrected chi connectivity index (χ4v) is 2.66. The van der Waals surface area contributed by atoms with Crippen molar-refractivity contribution < 1.29 is 0 Å². The Morgan fingerprint density at radius 3 is 2.71 bits per heavy atom. The normalized spacial score (nSPS) is 10.8. The topological polar surface area (TPSA) is 37.8 Å². The molecule has 0 atom stereocenters. The summed E-state index contributed by atoms with van der Waals surface area (Å²) in [6.45, 7) is 7.97. The predicted octanol–water partition coefficient (Wildman–Crippen LogP) is 2.75. The van der Waals surface area contributed by atoms with Crippen LogP contribution in [0, 0.1) is 20.8 Å². The highest BCUT2D eigenvalue weighted by atomic mass is 32.1. The van der Waals surface area contributed by atoms with Crippen LogP contribution in [0.1, 0.15) is 26.7 Å². The molecule has 1 N–H and O–H groups in total. The first-order valence-electron chi connectivity index (χ1n) is 5.70. The Balaban J connectivity index is 1.92. The summed E-state index contributed by atoms with van der Waals surface area (Å²) in [4.78, 5) is 9.84. The Labute approximate surface area is 106 Å². The van der Waals surface area contributed by atoms with E-state index in [1.165, 1.54) is 16.0 Å². The smallest absolute Gasteiger partial charge is 0.0900 e. The Morgan fingerprint density at radius 1 is 1.24 bits per heavy atom. The van der Waals surface area contributed by atoms with Crippen LogP contribution in [-0.2, 0) is 13.1 Å². The maximum Gasteiger partial charge on any atom is 0.0900 e. The van der Waals surface area contributed by atoms with Gasteiger partial charge in [-0.15, -0.1) is 11.3 Å². The van der Waals surface area contributed by atoms with Crippen molar-refractivity contribution in [1.29, 1.82) is 0 Å². The Morgan fingerprint density at radius 2 is 2.06 bits per heavy atom. The molecule has 2 heterocycles. The Hall–Kier alpha value is -1.26. The van der Waals surface area contributed by atoms with Crippen LogP contribution in [0.25, 0.3) is 0 Å². The van der Waals surface area contributed by atoms with Crippen molar-refractivity contribution in [3.8, 4) is 0 Å². The minimum atomic E-state index is 0.880. The van der Waals surface area contributed by atoms with Gasteiger partial charge in [-0.05, 0) is 38.0 Å². The number of hydrogen-bond donors (Lipinski definition) is 1. The van der Waals surface area contributed by atoms with Crippen molar-refractivity contribution in [2.75, 3.05) is 0 Å². The van der Waals surface area contributed by atoms with E-state index in [2.05, 4.69) is 35.2 Å². The number of aryl methyl sites for hydroxylation is 3. The van der Waals surface area contributed by atoms with Crippen LogP contribution in [0.4, 0.5) is 0 Å². The van der Waals surface area contributed by atoms with E-state index >= 15 is 0 Å². The van der Waals surface area contributed by atoms with Gasteiger partial charge < -0.3 is 5.32 Å². The monoisotopic (exact) mass is 247 g/mol. The molecule has 17 heavy (non-hydrogen) atoms. The minimum Gasteiger partial charge on any atom is -0.308 e. The van der Waals surface area contributed by atoms with Gasteiger partial charge in [-0.1, -0.05) is 0 Å². The van der Waals surface area contributed by atoms with E-state index in [9.17, 15) is 0 Å². The molecule has 4 heteroatoms. The van der Waals surface area contributed by atoms with Crippen LogP contribution < -0.4 is 5.32 Å². The van der Waals surface area contributed by atoms with E-state index < -0.39 is 0 Å². The molecule has 3 nitrogen and oxygen atoms in total. The number of nitrogens with zero attached hydrogens (tertiary/aromatic N) is 2. The van der Waals surface area contributed by atoms with Gasteiger partial charge in [0.15, 0.2) is 0 Å². The lowest BCUT2D eigenvalue weighted by Gasteiger charge is -2.06. The standard InChI is InChI=1S/C13H17N3S/c1-9-6-14-5-4-12(9)7-15-8-13-10(2)16-11(3)17-13/h4-6,15H,7-8H2,1-3H3. The van der Waals surface area contributed by atoms with Crippen LogP contribution in [0.3, 0.4) is 0 Å². The molecule has 2 aromatic heterocycles. The van der Waals surface area contributed by atoms with Crippen LogP contribution >= 0.6 is 11.3 Å². The quantitative estimate of drug-likeness (QED) is 0.902. The second kappa shape index (κ2) is 5.38. The highest BCUT2D eigenvalue weighted by molar-refractivity contribution is 7.11. The van der Waals surface area contributed by atoms with Crippen molar-refractivity contribution >= 4 is 11.3 Å². The molecule has 90 valence electrons. The van der Waals surface area contributed by atoms with Gasteiger partial charge in [-0.3, -0.25) is 4.98 Å². The van der Waals surface area contributed by atoms with E-state index in [1.54, 1.807) is 11.3 Å². The van der Waals surface area contributed by atoms with Crippen LogP contribution in [-0.4, -0.2) is 9.97 Å². The largest absolute Gasteiger partial charge is 0.308 e. The Kier molecular flexibility index (Phi) is 3.86. The van der Waals surface area contributed by atoms with E-state index in [0.29, 0.717) is 0 Å². The van der Waals surface area contributed by atoms with Gasteiger partial charge in [0.25, 0.3) is 0 Å². The zero-order valence-corrected chi connectivity index (χ0v) is 11.3. The first-order valence-corrected chi connectivity index (χ1v) is 6.51. The maximum atomic E-state index is 4.42. The number of thiazole rings is 1. The molecule has 0 bridgehead atoms. The molecule has 0 fully saturated rings. The summed E-state index contributed by atoms with van der Waals surface area (Å²) in [6.07, 6.45) is 3.74. The molecular formula is C13H17N3S. The average Bonchev–Trinajstić information content (AvgIpc) is 2.60. The fraction of sp³-hybridized carbons (Fsp3) is 0.385. The van der Waals surface area contributed by atoms with Crippen molar-refractivity contribution in [2.24, 2.45) is 0 Å². The highest BCUT2D eigenvalue weighted by Gasteiger charge is 2.04. The van der Waals surface area contributed by atoms with Crippen molar-refractivity contribution in [3.05, 3.63) is 45.2 Å². The van der Waals surface area contributed by atoms with Crippen molar-refractivity contribution in [1.82, 2.24) is 15.3 Å². The highest BCUT2D eigenvalue weighted by Crippen LogP contribution is 2.16. The third kappa shape index (κ3) is 3.11. The summed E-state index contributed by atoms with van der Waals surface area (Å²) in [7, 11) is 0. The predicted molar refractivity (Wildman–Crippen MR) is 71.1 cm³/mol. The molecule has 2 rings (SSSR count). The van der Waals surface area contributed by atoms with Crippen LogP contribution in [0.15, 0.2) is 18.5 Å². The van der Waals surface area contributed by atoms with E-state index in [1.807, 2.05) is 19.3 Å².